The number of anilines is 2. The lowest BCUT2D eigenvalue weighted by molar-refractivity contribution is -0.135. The number of imide groups is 1. The number of benzene rings is 2. The first-order valence-electron chi connectivity index (χ1n) is 18.4. The van der Waals surface area contributed by atoms with Crippen LogP contribution < -0.4 is 26.5 Å². The van der Waals surface area contributed by atoms with Gasteiger partial charge < -0.3 is 15.5 Å². The molecule has 3 saturated heterocycles. The van der Waals surface area contributed by atoms with Crippen LogP contribution in [0.3, 0.4) is 0 Å². The summed E-state index contributed by atoms with van der Waals surface area (Å²) in [4.78, 5) is 64.0. The number of fused-ring (bicyclic) bond motifs is 6. The molecule has 2 atom stereocenters. The van der Waals surface area contributed by atoms with Gasteiger partial charge in [-0.25, -0.2) is 9.78 Å². The molecular weight excluding hydrogens is 679 g/mol. The van der Waals surface area contributed by atoms with Crippen molar-refractivity contribution in [3.8, 4) is 0 Å². The third kappa shape index (κ3) is 5.64. The van der Waals surface area contributed by atoms with E-state index in [0.717, 1.165) is 113 Å². The maximum atomic E-state index is 13.4. The number of aryl methyl sites for hydroxylation is 1. The molecule has 3 amide bonds. The van der Waals surface area contributed by atoms with Gasteiger partial charge in [-0.1, -0.05) is 12.1 Å². The fourth-order valence-corrected chi connectivity index (χ4v) is 9.87. The van der Waals surface area contributed by atoms with Crippen LogP contribution in [0.1, 0.15) is 53.9 Å². The van der Waals surface area contributed by atoms with Crippen LogP contribution in [0.25, 0.3) is 32.0 Å². The van der Waals surface area contributed by atoms with Gasteiger partial charge in [-0.05, 0) is 75.2 Å². The molecule has 2 aromatic carbocycles. The van der Waals surface area contributed by atoms with Gasteiger partial charge in [0.2, 0.25) is 11.8 Å². The predicted molar refractivity (Wildman–Crippen MR) is 203 cm³/mol. The fraction of sp³-hybridized carbons (Fsp3) is 0.447. The van der Waals surface area contributed by atoms with Crippen LogP contribution in [-0.2, 0) is 23.2 Å². The number of amides is 3. The summed E-state index contributed by atoms with van der Waals surface area (Å²) < 4.78 is 4.31. The zero-order chi connectivity index (χ0) is 35.7. The first-order valence-corrected chi connectivity index (χ1v) is 19.2. The van der Waals surface area contributed by atoms with E-state index in [2.05, 4.69) is 61.0 Å². The van der Waals surface area contributed by atoms with Gasteiger partial charge >= 0.3 is 5.69 Å². The maximum Gasteiger partial charge on any atom is 0.329 e. The Labute approximate surface area is 304 Å². The molecule has 3 N–H and O–H groups in total. The Morgan fingerprint density at radius 3 is 2.52 bits per heavy atom. The highest BCUT2D eigenvalue weighted by Gasteiger charge is 2.33. The number of nitrogens with zero attached hydrogens (tertiary/aromatic N) is 6. The molecule has 0 spiro atoms. The molecule has 0 radical (unpaired) electrons. The summed E-state index contributed by atoms with van der Waals surface area (Å²) in [6.45, 7) is 9.24. The number of aromatic nitrogens is 3. The van der Waals surface area contributed by atoms with Gasteiger partial charge in [0, 0.05) is 80.3 Å². The van der Waals surface area contributed by atoms with Crippen molar-refractivity contribution >= 4 is 72.6 Å². The summed E-state index contributed by atoms with van der Waals surface area (Å²) in [6.07, 6.45) is 2.73. The second-order valence-electron chi connectivity index (χ2n) is 14.7. The highest BCUT2D eigenvalue weighted by atomic mass is 32.1. The number of hydrogen-bond acceptors (Lipinski definition) is 10. The van der Waals surface area contributed by atoms with Gasteiger partial charge in [0.05, 0.1) is 22.2 Å². The molecule has 4 aliphatic heterocycles. The largest absolute Gasteiger partial charge is 0.381 e. The number of imidazole rings is 1. The molecule has 0 aliphatic carbocycles. The normalized spacial score (nSPS) is 22.4. The van der Waals surface area contributed by atoms with Gasteiger partial charge in [0.1, 0.15) is 16.7 Å². The Hall–Kier alpha value is -4.79. The van der Waals surface area contributed by atoms with Gasteiger partial charge in [-0.15, -0.1) is 11.3 Å². The van der Waals surface area contributed by atoms with E-state index >= 15 is 0 Å². The first kappa shape index (κ1) is 33.1. The smallest absolute Gasteiger partial charge is 0.329 e. The number of thiophene rings is 1. The Balaban J connectivity index is 0.841. The van der Waals surface area contributed by atoms with Crippen LogP contribution in [0.4, 0.5) is 11.5 Å². The van der Waals surface area contributed by atoms with Crippen molar-refractivity contribution in [3.05, 3.63) is 63.4 Å². The molecule has 0 bridgehead atoms. The minimum Gasteiger partial charge on any atom is -0.381 e. The Morgan fingerprint density at radius 1 is 0.923 bits per heavy atom. The minimum absolute atomic E-state index is 0.0139. The van der Waals surface area contributed by atoms with E-state index in [9.17, 15) is 19.2 Å². The van der Waals surface area contributed by atoms with Crippen LogP contribution >= 0.6 is 11.3 Å². The van der Waals surface area contributed by atoms with Crippen LogP contribution in [0.5, 0.6) is 0 Å². The molecule has 3 fully saturated rings. The van der Waals surface area contributed by atoms with Gasteiger partial charge in [0.25, 0.3) is 5.91 Å². The van der Waals surface area contributed by atoms with Gasteiger partial charge in [-0.3, -0.25) is 38.6 Å². The van der Waals surface area contributed by atoms with Crippen molar-refractivity contribution in [3.63, 3.8) is 0 Å². The lowest BCUT2D eigenvalue weighted by Crippen LogP contribution is -2.53. The summed E-state index contributed by atoms with van der Waals surface area (Å²) in [5.41, 5.74) is 4.31. The number of hydrogen-bond donors (Lipinski definition) is 3. The fourth-order valence-electron chi connectivity index (χ4n) is 8.77. The van der Waals surface area contributed by atoms with Crippen LogP contribution in [0.2, 0.25) is 0 Å². The number of para-hydroxylation sites is 1. The molecule has 1 unspecified atom stereocenters. The molecule has 52 heavy (non-hydrogen) atoms. The molecule has 3 aromatic heterocycles. The molecule has 7 heterocycles. The predicted octanol–water partition coefficient (Wildman–Crippen LogP) is 3.41. The highest BCUT2D eigenvalue weighted by molar-refractivity contribution is 7.21. The van der Waals surface area contributed by atoms with E-state index < -0.39 is 11.9 Å². The zero-order valence-electron chi connectivity index (χ0n) is 29.5. The molecule has 13 nitrogen and oxygen atoms in total. The lowest BCUT2D eigenvalue weighted by Gasteiger charge is -2.43. The number of carbonyl (C=O) groups is 3. The van der Waals surface area contributed by atoms with E-state index in [4.69, 9.17) is 4.98 Å². The van der Waals surface area contributed by atoms with E-state index in [0.29, 0.717) is 19.0 Å². The molecule has 0 saturated carbocycles. The van der Waals surface area contributed by atoms with Crippen LogP contribution in [0, 0.1) is 0 Å². The Kier molecular flexibility index (Phi) is 8.27. The van der Waals surface area contributed by atoms with Crippen molar-refractivity contribution in [1.82, 2.24) is 34.6 Å². The molecule has 14 heteroatoms. The number of pyridine rings is 1. The molecule has 9 rings (SSSR count). The van der Waals surface area contributed by atoms with Crippen molar-refractivity contribution in [2.45, 2.75) is 57.3 Å². The summed E-state index contributed by atoms with van der Waals surface area (Å²) >= 11 is 1.54. The van der Waals surface area contributed by atoms with Crippen LogP contribution in [-0.4, -0.2) is 99.5 Å². The highest BCUT2D eigenvalue weighted by Crippen LogP contribution is 2.41. The quantitative estimate of drug-likeness (QED) is 0.234. The van der Waals surface area contributed by atoms with Gasteiger partial charge in [0.15, 0.2) is 0 Å². The van der Waals surface area contributed by atoms with E-state index in [1.807, 2.05) is 19.1 Å². The topological polar surface area (TPSA) is 137 Å². The van der Waals surface area contributed by atoms with Crippen molar-refractivity contribution in [2.75, 3.05) is 56.0 Å². The average Bonchev–Trinajstić information content (AvgIpc) is 3.61. The molecule has 5 aromatic rings. The summed E-state index contributed by atoms with van der Waals surface area (Å²) in [5.74, 6) is 0.283. The standard InChI is InChI=1S/C38H43N9O4S/c1-22-20-39-33-32-25-6-10-30(41-26(25)7-9-29(32)52-35(33)37(50)40-22)46-18-16-45(17-19-46)24-12-14-44(15-13-24)21-23-4-3-5-27-34(23)43(2)38(51)47(27)28-8-11-31(48)42-36(28)49/h3-7,9-10,22,24,28,39H,8,11-21H2,1-2H3,(H,40,50)(H,42,48,49)/t22-,28?/m1/s1. The lowest BCUT2D eigenvalue weighted by atomic mass is 10.0. The summed E-state index contributed by atoms with van der Waals surface area (Å²) in [6, 6.07) is 14.3. The second-order valence-corrected chi connectivity index (χ2v) is 15.8. The number of likely N-dealkylation sites (tertiary alicyclic amines) is 1. The molecular formula is C38H43N9O4S. The number of nitrogens with one attached hydrogen (secondary N) is 3. The number of piperidine rings is 2. The average molecular weight is 722 g/mol. The maximum absolute atomic E-state index is 13.4. The van der Waals surface area contributed by atoms with Crippen molar-refractivity contribution in [2.24, 2.45) is 7.05 Å². The zero-order valence-corrected chi connectivity index (χ0v) is 30.3. The number of rotatable bonds is 5. The monoisotopic (exact) mass is 721 g/mol. The Bertz CT molecular complexity index is 2310. The van der Waals surface area contributed by atoms with Crippen molar-refractivity contribution < 1.29 is 14.4 Å². The van der Waals surface area contributed by atoms with E-state index in [1.165, 1.54) is 11.3 Å². The minimum atomic E-state index is -0.683. The van der Waals surface area contributed by atoms with Crippen molar-refractivity contribution in [1.29, 1.82) is 0 Å². The number of carbonyl (C=O) groups excluding carboxylic acids is 3. The first-order chi connectivity index (χ1) is 25.2. The Morgan fingerprint density at radius 2 is 1.73 bits per heavy atom. The second kappa shape index (κ2) is 13.0. The third-order valence-electron chi connectivity index (χ3n) is 11.5. The number of piperazine rings is 1. The third-order valence-corrected chi connectivity index (χ3v) is 12.6. The van der Waals surface area contributed by atoms with Crippen LogP contribution in [0.15, 0.2) is 47.3 Å². The van der Waals surface area contributed by atoms with E-state index in [-0.39, 0.29) is 30.0 Å². The summed E-state index contributed by atoms with van der Waals surface area (Å²) in [7, 11) is 1.77. The molecule has 4 aliphatic rings. The summed E-state index contributed by atoms with van der Waals surface area (Å²) in [5, 5.41) is 11.1. The van der Waals surface area contributed by atoms with Gasteiger partial charge in [-0.2, -0.15) is 0 Å². The molecule has 270 valence electrons. The van der Waals surface area contributed by atoms with E-state index in [1.54, 1.807) is 16.2 Å². The SMILES string of the molecule is C[C@@H]1CNc2c(sc3ccc4nc(N5CCN(C6CCN(Cc7cccc8c7n(C)c(=O)n8C7CCC(=O)NC7=O)CC6)CC5)ccc4c23)C(=O)N1.